The number of carbonyl (C=O) groups excluding carboxylic acids is 1. The number of para-hydroxylation sites is 1. The first-order chi connectivity index (χ1) is 15.1. The summed E-state index contributed by atoms with van der Waals surface area (Å²) in [5.41, 5.74) is 2.60. The van der Waals surface area contributed by atoms with Gasteiger partial charge in [0.1, 0.15) is 4.83 Å². The first-order valence-corrected chi connectivity index (χ1v) is 12.3. The molecule has 5 rings (SSSR count). The summed E-state index contributed by atoms with van der Waals surface area (Å²) in [4.78, 5) is 33.5. The number of aryl methyl sites for hydroxylation is 1. The van der Waals surface area contributed by atoms with Crippen molar-refractivity contribution in [1.82, 2.24) is 9.55 Å². The smallest absolute Gasteiger partial charge is 0.267 e. The van der Waals surface area contributed by atoms with Crippen LogP contribution in [0.1, 0.15) is 46.5 Å². The summed E-state index contributed by atoms with van der Waals surface area (Å²) >= 11 is 2.97. The summed E-state index contributed by atoms with van der Waals surface area (Å²) in [5.74, 6) is 0.629. The van der Waals surface area contributed by atoms with Gasteiger partial charge in [0.2, 0.25) is 0 Å². The van der Waals surface area contributed by atoms with Crippen molar-refractivity contribution in [2.45, 2.75) is 37.3 Å². The predicted octanol–water partition coefficient (Wildman–Crippen LogP) is 5.86. The number of fused-ring (bicyclic) bond motifs is 3. The van der Waals surface area contributed by atoms with Gasteiger partial charge in [0.25, 0.3) is 5.56 Å². The van der Waals surface area contributed by atoms with Crippen LogP contribution in [0.15, 0.2) is 70.6 Å². The van der Waals surface area contributed by atoms with Crippen molar-refractivity contribution in [3.8, 4) is 5.69 Å². The maximum atomic E-state index is 13.8. The maximum Gasteiger partial charge on any atom is 0.267 e. The number of hydrogen-bond donors (Lipinski definition) is 0. The molecule has 0 fully saturated rings. The van der Waals surface area contributed by atoms with Crippen LogP contribution in [0.5, 0.6) is 0 Å². The summed E-state index contributed by atoms with van der Waals surface area (Å²) in [5, 5.41) is 1.33. The molecule has 0 N–H and O–H groups in total. The van der Waals surface area contributed by atoms with Crippen LogP contribution in [-0.2, 0) is 6.42 Å². The van der Waals surface area contributed by atoms with Crippen LogP contribution in [0.25, 0.3) is 15.9 Å². The average Bonchev–Trinajstić information content (AvgIpc) is 3.18. The fraction of sp³-hybridized carbons (Fsp3) is 0.240. The first kappa shape index (κ1) is 20.2. The quantitative estimate of drug-likeness (QED) is 0.219. The Balaban J connectivity index is 1.63. The van der Waals surface area contributed by atoms with Gasteiger partial charge in [0.15, 0.2) is 10.9 Å². The second-order valence-corrected chi connectivity index (χ2v) is 9.89. The Bertz CT molecular complexity index is 1310. The van der Waals surface area contributed by atoms with Gasteiger partial charge in [-0.3, -0.25) is 14.2 Å². The minimum atomic E-state index is -0.0305. The largest absolute Gasteiger partial charge is 0.293 e. The molecule has 2 aromatic heterocycles. The highest BCUT2D eigenvalue weighted by Gasteiger charge is 2.26. The summed E-state index contributed by atoms with van der Waals surface area (Å²) in [6, 6.07) is 18.9. The van der Waals surface area contributed by atoms with Gasteiger partial charge < -0.3 is 0 Å². The molecule has 0 bridgehead atoms. The monoisotopic (exact) mass is 446 g/mol. The molecule has 2 aromatic carbocycles. The fourth-order valence-corrected chi connectivity index (χ4v) is 6.54. The van der Waals surface area contributed by atoms with Crippen molar-refractivity contribution in [3.63, 3.8) is 0 Å². The number of thioether (sulfide) groups is 1. The number of benzene rings is 2. The molecule has 2 heterocycles. The second kappa shape index (κ2) is 8.44. The molecule has 6 heteroatoms. The Labute approximate surface area is 189 Å². The molecule has 0 unspecified atom stereocenters. The Morgan fingerprint density at radius 1 is 1.13 bits per heavy atom. The van der Waals surface area contributed by atoms with Crippen LogP contribution < -0.4 is 5.56 Å². The fourth-order valence-electron chi connectivity index (χ4n) is 4.26. The number of aromatic nitrogens is 2. The molecule has 0 amide bonds. The highest BCUT2D eigenvalue weighted by molar-refractivity contribution is 7.99. The molecule has 0 radical (unpaired) electrons. The van der Waals surface area contributed by atoms with Crippen LogP contribution in [-0.4, -0.2) is 21.1 Å². The molecule has 4 nitrogen and oxygen atoms in total. The molecular formula is C25H22N2O2S2. The number of carbonyl (C=O) groups is 1. The van der Waals surface area contributed by atoms with Crippen LogP contribution in [0.3, 0.4) is 0 Å². The highest BCUT2D eigenvalue weighted by Crippen LogP contribution is 2.40. The van der Waals surface area contributed by atoms with Crippen molar-refractivity contribution in [2.24, 2.45) is 0 Å². The SMILES string of the molecule is C[C@H]1CCCc2sc3nc(SCC(=O)c4ccccc4)n(-c4ccccc4)c(=O)c3c21. The Morgan fingerprint density at radius 3 is 2.58 bits per heavy atom. The zero-order valence-electron chi connectivity index (χ0n) is 17.2. The van der Waals surface area contributed by atoms with Crippen LogP contribution in [0.2, 0.25) is 0 Å². The summed E-state index contributed by atoms with van der Waals surface area (Å²) in [6.07, 6.45) is 3.27. The maximum absolute atomic E-state index is 13.8. The highest BCUT2D eigenvalue weighted by atomic mass is 32.2. The van der Waals surface area contributed by atoms with E-state index in [1.807, 2.05) is 60.7 Å². The van der Waals surface area contributed by atoms with Crippen LogP contribution >= 0.6 is 23.1 Å². The topological polar surface area (TPSA) is 52.0 Å². The van der Waals surface area contributed by atoms with Gasteiger partial charge in [-0.2, -0.15) is 0 Å². The molecule has 1 atom stereocenters. The molecule has 0 saturated carbocycles. The van der Waals surface area contributed by atoms with Gasteiger partial charge in [0, 0.05) is 10.4 Å². The van der Waals surface area contributed by atoms with E-state index in [1.54, 1.807) is 15.9 Å². The molecular weight excluding hydrogens is 424 g/mol. The number of Topliss-reactive ketones (excluding diaryl/α,β-unsaturated/α-hetero) is 1. The Hall–Kier alpha value is -2.70. The number of thiophene rings is 1. The summed E-state index contributed by atoms with van der Waals surface area (Å²) in [7, 11) is 0. The van der Waals surface area contributed by atoms with E-state index in [1.165, 1.54) is 22.2 Å². The van der Waals surface area contributed by atoms with Gasteiger partial charge in [-0.05, 0) is 42.9 Å². The van der Waals surface area contributed by atoms with E-state index in [0.29, 0.717) is 16.6 Å². The zero-order chi connectivity index (χ0) is 21.4. The number of nitrogens with zero attached hydrogens (tertiary/aromatic N) is 2. The van der Waals surface area contributed by atoms with E-state index in [0.717, 1.165) is 35.2 Å². The van der Waals surface area contributed by atoms with Gasteiger partial charge in [-0.15, -0.1) is 11.3 Å². The molecule has 0 aliphatic heterocycles. The normalized spacial score (nSPS) is 15.7. The van der Waals surface area contributed by atoms with Crippen molar-refractivity contribution >= 4 is 39.1 Å². The molecule has 0 saturated heterocycles. The molecule has 0 spiro atoms. The van der Waals surface area contributed by atoms with Crippen LogP contribution in [0.4, 0.5) is 0 Å². The zero-order valence-corrected chi connectivity index (χ0v) is 18.8. The van der Waals surface area contributed by atoms with E-state index < -0.39 is 0 Å². The number of hydrogen-bond acceptors (Lipinski definition) is 5. The third-order valence-electron chi connectivity index (χ3n) is 5.79. The van der Waals surface area contributed by atoms with Gasteiger partial charge in [0.05, 0.1) is 16.8 Å². The van der Waals surface area contributed by atoms with E-state index in [2.05, 4.69) is 6.92 Å². The number of ketones is 1. The van der Waals surface area contributed by atoms with E-state index in [4.69, 9.17) is 4.98 Å². The molecule has 1 aliphatic carbocycles. The van der Waals surface area contributed by atoms with Crippen molar-refractivity contribution in [1.29, 1.82) is 0 Å². The van der Waals surface area contributed by atoms with Crippen molar-refractivity contribution in [3.05, 3.63) is 87.0 Å². The lowest BCUT2D eigenvalue weighted by Crippen LogP contribution is -2.23. The molecule has 31 heavy (non-hydrogen) atoms. The lowest BCUT2D eigenvalue weighted by Gasteiger charge is -2.19. The van der Waals surface area contributed by atoms with E-state index in [9.17, 15) is 9.59 Å². The van der Waals surface area contributed by atoms with Gasteiger partial charge in [-0.1, -0.05) is 67.2 Å². The third-order valence-corrected chi connectivity index (χ3v) is 7.88. The molecule has 156 valence electrons. The van der Waals surface area contributed by atoms with E-state index >= 15 is 0 Å². The lowest BCUT2D eigenvalue weighted by atomic mass is 9.88. The summed E-state index contributed by atoms with van der Waals surface area (Å²) < 4.78 is 1.68. The Kier molecular flexibility index (Phi) is 5.50. The molecule has 1 aliphatic rings. The standard InChI is InChI=1S/C25H22N2O2S2/c1-16-9-8-14-20-21(16)22-23(31-20)26-25(27(24(22)29)18-12-6-3-7-13-18)30-15-19(28)17-10-4-2-5-11-17/h2-7,10-13,16H,8-9,14-15H2,1H3/t16-/m0/s1. The second-order valence-electron chi connectivity index (χ2n) is 7.86. The minimum absolute atomic E-state index is 0.0265. The first-order valence-electron chi connectivity index (χ1n) is 10.5. The summed E-state index contributed by atoms with van der Waals surface area (Å²) in [6.45, 7) is 2.21. The number of rotatable bonds is 5. The van der Waals surface area contributed by atoms with E-state index in [-0.39, 0.29) is 17.1 Å². The van der Waals surface area contributed by atoms with Crippen molar-refractivity contribution in [2.75, 3.05) is 5.75 Å². The predicted molar refractivity (Wildman–Crippen MR) is 128 cm³/mol. The Morgan fingerprint density at radius 2 is 1.84 bits per heavy atom. The van der Waals surface area contributed by atoms with Gasteiger partial charge >= 0.3 is 0 Å². The third kappa shape index (κ3) is 3.75. The average molecular weight is 447 g/mol. The van der Waals surface area contributed by atoms with Gasteiger partial charge in [-0.25, -0.2) is 4.98 Å². The minimum Gasteiger partial charge on any atom is -0.293 e. The molecule has 4 aromatic rings. The van der Waals surface area contributed by atoms with Crippen molar-refractivity contribution < 1.29 is 4.79 Å². The lowest BCUT2D eigenvalue weighted by molar-refractivity contribution is 0.102. The van der Waals surface area contributed by atoms with Crippen LogP contribution in [0, 0.1) is 0 Å².